The average molecular weight is 459 g/mol. The Bertz CT molecular complexity index is 1190. The summed E-state index contributed by atoms with van der Waals surface area (Å²) in [5.74, 6) is 0.733. The molecule has 0 aromatic heterocycles. The number of imide groups is 1. The smallest absolute Gasteiger partial charge is 0.238 e. The molecule has 2 amide bonds. The number of benzene rings is 2. The quantitative estimate of drug-likeness (QED) is 0.647. The highest BCUT2D eigenvalue weighted by atomic mass is 32.2. The van der Waals surface area contributed by atoms with Gasteiger partial charge in [-0.3, -0.25) is 14.5 Å². The van der Waals surface area contributed by atoms with E-state index in [0.29, 0.717) is 16.9 Å². The summed E-state index contributed by atoms with van der Waals surface area (Å²) in [6.07, 6.45) is 0.979. The summed E-state index contributed by atoms with van der Waals surface area (Å²) in [6.45, 7) is 4.16. The Morgan fingerprint density at radius 2 is 1.56 bits per heavy atom. The number of allylic oxidation sites excluding steroid dienone is 1. The molecule has 2 bridgehead atoms. The number of hydrogen-bond donors (Lipinski definition) is 1. The van der Waals surface area contributed by atoms with Gasteiger partial charge in [-0.2, -0.15) is 0 Å². The molecule has 1 N–H and O–H groups in total. The Labute approximate surface area is 195 Å². The Morgan fingerprint density at radius 3 is 2.28 bits per heavy atom. The van der Waals surface area contributed by atoms with Gasteiger partial charge in [0.05, 0.1) is 27.6 Å². The largest absolute Gasteiger partial charge is 0.344 e. The lowest BCUT2D eigenvalue weighted by Crippen LogP contribution is -2.43. The SMILES string of the molecule is C=C1NC2=C(S1)[C@@H](c1ccccc1)[C@@H]1[C@@H]3C[C@H]([C@@H]1S2)[C@H]1C(=O)N(c2ccccc2)C(=O)[C@@H]31. The zero-order chi connectivity index (χ0) is 21.6. The fourth-order valence-corrected chi connectivity index (χ4v) is 9.93. The van der Waals surface area contributed by atoms with E-state index in [4.69, 9.17) is 0 Å². The van der Waals surface area contributed by atoms with E-state index < -0.39 is 0 Å². The van der Waals surface area contributed by atoms with E-state index in [0.717, 1.165) is 11.4 Å². The van der Waals surface area contributed by atoms with Crippen molar-refractivity contribution in [1.29, 1.82) is 0 Å². The minimum atomic E-state index is -0.189. The predicted molar refractivity (Wildman–Crippen MR) is 128 cm³/mol. The second-order valence-electron chi connectivity index (χ2n) is 9.35. The van der Waals surface area contributed by atoms with Crippen LogP contribution in [0.15, 0.2) is 82.2 Å². The van der Waals surface area contributed by atoms with E-state index in [1.165, 1.54) is 20.4 Å². The van der Waals surface area contributed by atoms with Gasteiger partial charge < -0.3 is 5.32 Å². The highest BCUT2D eigenvalue weighted by molar-refractivity contribution is 8.10. The molecule has 7 atom stereocenters. The standard InChI is InChI=1S/C26H22N2O2S2/c1-13-27-24-23(31-13)18(14-8-4-2-5-9-14)19-16-12-17(22(19)32-24)21-20(16)25(29)28(26(21)30)15-10-6-3-7-11-15/h2-11,16-22,27H,1,12H2/t16-,17-,18-,19-,20-,21+,22-/m0/s1. The van der Waals surface area contributed by atoms with Gasteiger partial charge in [0.15, 0.2) is 0 Å². The second kappa shape index (κ2) is 6.78. The van der Waals surface area contributed by atoms with Crippen LogP contribution in [0.4, 0.5) is 5.69 Å². The fourth-order valence-electron chi connectivity index (χ4n) is 6.95. The molecule has 0 spiro atoms. The first kappa shape index (κ1) is 19.1. The van der Waals surface area contributed by atoms with Gasteiger partial charge in [0, 0.05) is 16.1 Å². The van der Waals surface area contributed by atoms with Crippen LogP contribution in [0.3, 0.4) is 0 Å². The number of thioether (sulfide) groups is 2. The van der Waals surface area contributed by atoms with Crippen LogP contribution in [-0.4, -0.2) is 17.1 Å². The lowest BCUT2D eigenvalue weighted by Gasteiger charge is -2.43. The van der Waals surface area contributed by atoms with Crippen molar-refractivity contribution in [1.82, 2.24) is 5.32 Å². The van der Waals surface area contributed by atoms with Crippen molar-refractivity contribution in [2.24, 2.45) is 29.6 Å². The van der Waals surface area contributed by atoms with Gasteiger partial charge in [0.25, 0.3) is 0 Å². The molecule has 2 aromatic rings. The Balaban J connectivity index is 1.32. The summed E-state index contributed by atoms with van der Waals surface area (Å²) in [6, 6.07) is 20.1. The molecule has 0 radical (unpaired) electrons. The molecule has 5 aliphatic rings. The fraction of sp³-hybridized carbons (Fsp3) is 0.308. The Hall–Kier alpha value is -2.44. The number of anilines is 1. The first-order valence-electron chi connectivity index (χ1n) is 11.2. The van der Waals surface area contributed by atoms with Gasteiger partial charge in [-0.1, -0.05) is 66.9 Å². The summed E-state index contributed by atoms with van der Waals surface area (Å²) in [4.78, 5) is 30.0. The first-order chi connectivity index (χ1) is 15.6. The molecule has 2 aromatic carbocycles. The lowest BCUT2D eigenvalue weighted by molar-refractivity contribution is -0.123. The van der Waals surface area contributed by atoms with Crippen LogP contribution in [0.5, 0.6) is 0 Å². The minimum Gasteiger partial charge on any atom is -0.344 e. The van der Waals surface area contributed by atoms with Gasteiger partial charge in [0.1, 0.15) is 0 Å². The van der Waals surface area contributed by atoms with Crippen molar-refractivity contribution in [3.05, 3.63) is 87.8 Å². The third-order valence-electron chi connectivity index (χ3n) is 7.96. The van der Waals surface area contributed by atoms with Crippen molar-refractivity contribution < 1.29 is 9.59 Å². The maximum atomic E-state index is 13.6. The molecule has 6 heteroatoms. The van der Waals surface area contributed by atoms with Crippen LogP contribution in [0.1, 0.15) is 17.9 Å². The molecular weight excluding hydrogens is 436 g/mol. The number of carbonyl (C=O) groups excluding carboxylic acids is 2. The molecule has 160 valence electrons. The van der Waals surface area contributed by atoms with Gasteiger partial charge in [-0.25, -0.2) is 0 Å². The molecule has 0 unspecified atom stereocenters. The van der Waals surface area contributed by atoms with E-state index >= 15 is 0 Å². The van der Waals surface area contributed by atoms with Crippen LogP contribution in [0, 0.1) is 29.6 Å². The van der Waals surface area contributed by atoms with Crippen LogP contribution in [-0.2, 0) is 9.59 Å². The van der Waals surface area contributed by atoms with Crippen LogP contribution in [0.2, 0.25) is 0 Å². The predicted octanol–water partition coefficient (Wildman–Crippen LogP) is 4.93. The van der Waals surface area contributed by atoms with Crippen molar-refractivity contribution in [3.63, 3.8) is 0 Å². The molecule has 3 heterocycles. The van der Waals surface area contributed by atoms with Gasteiger partial charge in [0.2, 0.25) is 11.8 Å². The summed E-state index contributed by atoms with van der Waals surface area (Å²) in [5, 5.41) is 6.01. The third kappa shape index (κ3) is 2.42. The molecule has 3 aliphatic heterocycles. The normalized spacial score (nSPS) is 36.9. The molecule has 1 saturated heterocycles. The highest BCUT2D eigenvalue weighted by Crippen LogP contribution is 2.70. The molecule has 2 saturated carbocycles. The van der Waals surface area contributed by atoms with E-state index in [1.807, 2.05) is 42.1 Å². The maximum Gasteiger partial charge on any atom is 0.238 e. The van der Waals surface area contributed by atoms with Crippen molar-refractivity contribution in [2.75, 3.05) is 4.90 Å². The zero-order valence-electron chi connectivity index (χ0n) is 17.3. The summed E-state index contributed by atoms with van der Waals surface area (Å²) in [7, 11) is 0. The number of fused-ring (bicyclic) bond motifs is 8. The Morgan fingerprint density at radius 1 is 0.906 bits per heavy atom. The second-order valence-corrected chi connectivity index (χ2v) is 11.7. The van der Waals surface area contributed by atoms with Crippen molar-refractivity contribution in [2.45, 2.75) is 17.6 Å². The molecule has 7 rings (SSSR count). The number of amides is 2. The van der Waals surface area contributed by atoms with Crippen LogP contribution < -0.4 is 10.2 Å². The number of rotatable bonds is 2. The summed E-state index contributed by atoms with van der Waals surface area (Å²) < 4.78 is 0. The molecule has 3 fully saturated rings. The van der Waals surface area contributed by atoms with Gasteiger partial charge in [-0.15, -0.1) is 11.8 Å². The number of carbonyl (C=O) groups is 2. The van der Waals surface area contributed by atoms with Crippen molar-refractivity contribution >= 4 is 41.0 Å². The third-order valence-corrected chi connectivity index (χ3v) is 10.6. The topological polar surface area (TPSA) is 49.4 Å². The van der Waals surface area contributed by atoms with Gasteiger partial charge in [-0.05, 0) is 41.9 Å². The zero-order valence-corrected chi connectivity index (χ0v) is 18.9. The van der Waals surface area contributed by atoms with E-state index in [9.17, 15) is 9.59 Å². The molecular formula is C26H22N2O2S2. The summed E-state index contributed by atoms with van der Waals surface area (Å²) in [5.41, 5.74) is 2.01. The molecule has 32 heavy (non-hydrogen) atoms. The first-order valence-corrected chi connectivity index (χ1v) is 12.9. The number of hydrogen-bond acceptors (Lipinski definition) is 5. The van der Waals surface area contributed by atoms with Crippen LogP contribution in [0.25, 0.3) is 0 Å². The number of nitrogens with zero attached hydrogens (tertiary/aromatic N) is 1. The monoisotopic (exact) mass is 458 g/mol. The maximum absolute atomic E-state index is 13.6. The van der Waals surface area contributed by atoms with E-state index in [1.54, 1.807) is 11.8 Å². The van der Waals surface area contributed by atoms with E-state index in [-0.39, 0.29) is 41.4 Å². The number of nitrogens with one attached hydrogen (secondary N) is 1. The Kier molecular flexibility index (Phi) is 4.04. The lowest BCUT2D eigenvalue weighted by atomic mass is 9.68. The highest BCUT2D eigenvalue weighted by Gasteiger charge is 2.69. The van der Waals surface area contributed by atoms with Gasteiger partial charge >= 0.3 is 0 Å². The average Bonchev–Trinajstić information content (AvgIpc) is 3.53. The molecule has 2 aliphatic carbocycles. The number of para-hydroxylation sites is 1. The van der Waals surface area contributed by atoms with Crippen molar-refractivity contribution in [3.8, 4) is 0 Å². The van der Waals surface area contributed by atoms with Crippen LogP contribution >= 0.6 is 23.5 Å². The van der Waals surface area contributed by atoms with E-state index in [2.05, 4.69) is 42.2 Å². The molecule has 4 nitrogen and oxygen atoms in total. The minimum absolute atomic E-state index is 0.00644. The summed E-state index contributed by atoms with van der Waals surface area (Å²) >= 11 is 3.64.